The second kappa shape index (κ2) is 7.21. The van der Waals surface area contributed by atoms with Crippen molar-refractivity contribution < 1.29 is 22.7 Å². The molecule has 4 rings (SSSR count). The third-order valence-corrected chi connectivity index (χ3v) is 6.62. The summed E-state index contributed by atoms with van der Waals surface area (Å²) in [4.78, 5) is 19.1. The number of hydrogen-bond acceptors (Lipinski definition) is 6. The Hall–Kier alpha value is -1.97. The number of fused-ring (bicyclic) bond motifs is 1. The molecule has 3 aliphatic rings. The van der Waals surface area contributed by atoms with Gasteiger partial charge in [-0.15, -0.1) is 0 Å². The normalized spacial score (nSPS) is 25.4. The third kappa shape index (κ3) is 3.59. The Balaban J connectivity index is 1.42. The molecule has 1 amide bonds. The summed E-state index contributed by atoms with van der Waals surface area (Å²) in [5, 5.41) is 0. The van der Waals surface area contributed by atoms with E-state index < -0.39 is 16.1 Å². The number of sulfonamides is 1. The van der Waals surface area contributed by atoms with Crippen molar-refractivity contribution in [3.05, 3.63) is 29.8 Å². The van der Waals surface area contributed by atoms with Gasteiger partial charge >= 0.3 is 0 Å². The van der Waals surface area contributed by atoms with Crippen molar-refractivity contribution in [1.29, 1.82) is 0 Å². The number of rotatable bonds is 3. The Morgan fingerprint density at radius 1 is 1.22 bits per heavy atom. The fraction of sp³-hybridized carbons (Fsp3) is 0.556. The molecule has 1 N–H and O–H groups in total. The molecular weight excluding hydrogens is 370 g/mol. The molecule has 0 radical (unpaired) electrons. The van der Waals surface area contributed by atoms with E-state index in [1.54, 1.807) is 30.0 Å². The van der Waals surface area contributed by atoms with E-state index in [0.717, 1.165) is 12.8 Å². The second-order valence-electron chi connectivity index (χ2n) is 7.03. The molecule has 1 atom stereocenters. The van der Waals surface area contributed by atoms with Crippen LogP contribution in [0.3, 0.4) is 0 Å². The van der Waals surface area contributed by atoms with Crippen LogP contribution in [0.5, 0.6) is 0 Å². The zero-order chi connectivity index (χ0) is 19.0. The first-order valence-electron chi connectivity index (χ1n) is 9.18. The smallest absolute Gasteiger partial charge is 0.263 e. The van der Waals surface area contributed by atoms with Gasteiger partial charge in [0, 0.05) is 24.6 Å². The van der Waals surface area contributed by atoms with Crippen molar-refractivity contribution in [2.45, 2.75) is 37.0 Å². The van der Waals surface area contributed by atoms with Gasteiger partial charge in [0.2, 0.25) is 5.91 Å². The van der Waals surface area contributed by atoms with Gasteiger partial charge in [0.1, 0.15) is 11.9 Å². The predicted molar refractivity (Wildman–Crippen MR) is 97.8 cm³/mol. The Labute approximate surface area is 158 Å². The standard InChI is InChI=1S/C18H23N3O5S/c1-12(19-16-14-4-2-3-5-15(14)27(23,24)20-16)17(22)21-8-6-13(7-9-21)18-25-10-11-26-18/h2-5,12-13,18H,6-11H2,1H3,(H,19,20)/t12-/m0/s1. The molecule has 0 saturated carbocycles. The average Bonchev–Trinajstić information content (AvgIpc) is 3.29. The van der Waals surface area contributed by atoms with Crippen LogP contribution < -0.4 is 4.72 Å². The Morgan fingerprint density at radius 3 is 2.59 bits per heavy atom. The SMILES string of the molecule is C[C@H](N=C1NS(=O)(=O)c2ccccc21)C(=O)N1CCC(C2OCCO2)CC1. The number of ether oxygens (including phenoxy) is 2. The highest BCUT2D eigenvalue weighted by Gasteiger charge is 2.34. The first kappa shape index (κ1) is 18.4. The largest absolute Gasteiger partial charge is 0.350 e. The van der Waals surface area contributed by atoms with Gasteiger partial charge in [0.25, 0.3) is 10.0 Å². The summed E-state index contributed by atoms with van der Waals surface area (Å²) in [5.74, 6) is 0.443. The highest BCUT2D eigenvalue weighted by Crippen LogP contribution is 2.27. The molecular formula is C18H23N3O5S. The molecule has 3 heterocycles. The topological polar surface area (TPSA) is 97.3 Å². The molecule has 1 aromatic carbocycles. The highest BCUT2D eigenvalue weighted by atomic mass is 32.2. The third-order valence-electron chi connectivity index (χ3n) is 5.23. The van der Waals surface area contributed by atoms with Gasteiger partial charge in [-0.05, 0) is 31.9 Å². The molecule has 9 heteroatoms. The maximum atomic E-state index is 12.8. The van der Waals surface area contributed by atoms with Gasteiger partial charge in [-0.25, -0.2) is 8.42 Å². The number of benzene rings is 1. The molecule has 2 fully saturated rings. The number of hydrogen-bond donors (Lipinski definition) is 1. The number of nitrogens with one attached hydrogen (secondary N) is 1. The fourth-order valence-electron chi connectivity index (χ4n) is 3.78. The summed E-state index contributed by atoms with van der Waals surface area (Å²) in [5.41, 5.74) is 0.506. The van der Waals surface area contributed by atoms with E-state index in [-0.39, 0.29) is 22.9 Å². The number of piperidine rings is 1. The number of aliphatic imine (C=N–C) groups is 1. The summed E-state index contributed by atoms with van der Waals surface area (Å²) >= 11 is 0. The molecule has 0 unspecified atom stereocenters. The molecule has 0 spiro atoms. The van der Waals surface area contributed by atoms with Crippen LogP contribution in [0.1, 0.15) is 25.3 Å². The van der Waals surface area contributed by atoms with Gasteiger partial charge in [-0.1, -0.05) is 12.1 Å². The molecule has 0 aliphatic carbocycles. The lowest BCUT2D eigenvalue weighted by molar-refractivity contribution is -0.137. The van der Waals surface area contributed by atoms with Crippen LogP contribution in [0, 0.1) is 5.92 Å². The summed E-state index contributed by atoms with van der Waals surface area (Å²) < 4.78 is 37.9. The van der Waals surface area contributed by atoms with E-state index in [2.05, 4.69) is 9.71 Å². The van der Waals surface area contributed by atoms with Crippen LogP contribution >= 0.6 is 0 Å². The number of carbonyl (C=O) groups is 1. The minimum absolute atomic E-state index is 0.0993. The van der Waals surface area contributed by atoms with E-state index in [9.17, 15) is 13.2 Å². The average molecular weight is 393 g/mol. The van der Waals surface area contributed by atoms with Crippen LogP contribution in [0.25, 0.3) is 0 Å². The molecule has 2 saturated heterocycles. The molecule has 0 bridgehead atoms. The molecule has 8 nitrogen and oxygen atoms in total. The van der Waals surface area contributed by atoms with Crippen LogP contribution in [-0.2, 0) is 24.3 Å². The van der Waals surface area contributed by atoms with Crippen LogP contribution in [-0.4, -0.2) is 63.7 Å². The van der Waals surface area contributed by atoms with Crippen LogP contribution in [0.15, 0.2) is 34.2 Å². The summed E-state index contributed by atoms with van der Waals surface area (Å²) in [6.07, 6.45) is 1.51. The monoisotopic (exact) mass is 393 g/mol. The predicted octanol–water partition coefficient (Wildman–Crippen LogP) is 0.725. The van der Waals surface area contributed by atoms with E-state index in [0.29, 0.717) is 37.8 Å². The number of carbonyl (C=O) groups excluding carboxylic acids is 1. The van der Waals surface area contributed by atoms with Crippen LogP contribution in [0.4, 0.5) is 0 Å². The summed E-state index contributed by atoms with van der Waals surface area (Å²) in [7, 11) is -3.60. The number of nitrogens with zero attached hydrogens (tertiary/aromatic N) is 2. The van der Waals surface area contributed by atoms with E-state index in [4.69, 9.17) is 9.47 Å². The lowest BCUT2D eigenvalue weighted by Crippen LogP contribution is -2.45. The molecule has 0 aromatic heterocycles. The lowest BCUT2D eigenvalue weighted by Gasteiger charge is -2.34. The van der Waals surface area contributed by atoms with Crippen LogP contribution in [0.2, 0.25) is 0 Å². The Kier molecular flexibility index (Phi) is 4.92. The maximum Gasteiger partial charge on any atom is 0.263 e. The zero-order valence-corrected chi connectivity index (χ0v) is 15.9. The van der Waals surface area contributed by atoms with Crippen molar-refractivity contribution >= 4 is 21.8 Å². The zero-order valence-electron chi connectivity index (χ0n) is 15.1. The highest BCUT2D eigenvalue weighted by molar-refractivity contribution is 7.90. The maximum absolute atomic E-state index is 12.8. The molecule has 3 aliphatic heterocycles. The first-order chi connectivity index (χ1) is 13.0. The van der Waals surface area contributed by atoms with Gasteiger partial charge < -0.3 is 14.4 Å². The van der Waals surface area contributed by atoms with Gasteiger partial charge in [-0.3, -0.25) is 14.5 Å². The fourth-order valence-corrected chi connectivity index (χ4v) is 5.02. The van der Waals surface area contributed by atoms with Crippen molar-refractivity contribution in [2.75, 3.05) is 26.3 Å². The number of amidine groups is 1. The minimum atomic E-state index is -3.60. The van der Waals surface area contributed by atoms with E-state index in [1.807, 2.05) is 0 Å². The summed E-state index contributed by atoms with van der Waals surface area (Å²) in [6.45, 7) is 4.22. The Bertz CT molecular complexity index is 856. The quantitative estimate of drug-likeness (QED) is 0.816. The summed E-state index contributed by atoms with van der Waals surface area (Å²) in [6, 6.07) is 5.98. The van der Waals surface area contributed by atoms with Gasteiger partial charge in [-0.2, -0.15) is 0 Å². The van der Waals surface area contributed by atoms with Crippen molar-refractivity contribution in [3.63, 3.8) is 0 Å². The molecule has 1 aromatic rings. The van der Waals surface area contributed by atoms with Gasteiger partial charge in [0.05, 0.1) is 18.1 Å². The van der Waals surface area contributed by atoms with Crippen molar-refractivity contribution in [2.24, 2.45) is 10.9 Å². The second-order valence-corrected chi connectivity index (χ2v) is 8.68. The van der Waals surface area contributed by atoms with E-state index >= 15 is 0 Å². The minimum Gasteiger partial charge on any atom is -0.350 e. The van der Waals surface area contributed by atoms with Gasteiger partial charge in [0.15, 0.2) is 6.29 Å². The van der Waals surface area contributed by atoms with Crippen molar-refractivity contribution in [3.8, 4) is 0 Å². The molecule has 27 heavy (non-hydrogen) atoms. The first-order valence-corrected chi connectivity index (χ1v) is 10.7. The van der Waals surface area contributed by atoms with E-state index in [1.165, 1.54) is 6.07 Å². The van der Waals surface area contributed by atoms with Crippen molar-refractivity contribution in [1.82, 2.24) is 9.62 Å². The number of amides is 1. The molecule has 146 valence electrons. The Morgan fingerprint density at radius 2 is 1.89 bits per heavy atom. The lowest BCUT2D eigenvalue weighted by atomic mass is 9.96. The number of likely N-dealkylation sites (tertiary alicyclic amines) is 1.